The van der Waals surface area contributed by atoms with Gasteiger partial charge in [0.25, 0.3) is 0 Å². The van der Waals surface area contributed by atoms with Crippen LogP contribution in [0.3, 0.4) is 0 Å². The van der Waals surface area contributed by atoms with Crippen molar-refractivity contribution in [2.75, 3.05) is 6.61 Å². The summed E-state index contributed by atoms with van der Waals surface area (Å²) in [6, 6.07) is 8.56. The van der Waals surface area contributed by atoms with Crippen LogP contribution >= 0.6 is 31.9 Å². The fraction of sp³-hybridized carbons (Fsp3) is 0.278. The monoisotopic (exact) mass is 424 g/mol. The molecule has 0 aromatic heterocycles. The van der Waals surface area contributed by atoms with E-state index < -0.39 is 0 Å². The summed E-state index contributed by atoms with van der Waals surface area (Å²) in [5.74, 6) is -0.298. The van der Waals surface area contributed by atoms with E-state index in [2.05, 4.69) is 62.2 Å². The molecule has 0 N–H and O–H groups in total. The molecule has 22 heavy (non-hydrogen) atoms. The lowest BCUT2D eigenvalue weighted by Crippen LogP contribution is -2.01. The van der Waals surface area contributed by atoms with E-state index in [0.29, 0.717) is 6.61 Å². The number of carbonyl (C=O) groups is 1. The first-order chi connectivity index (χ1) is 10.6. The molecule has 1 aromatic rings. The van der Waals surface area contributed by atoms with Gasteiger partial charge in [0.15, 0.2) is 0 Å². The molecule has 0 amide bonds. The summed E-state index contributed by atoms with van der Waals surface area (Å²) in [6.45, 7) is 2.20. The Kier molecular flexibility index (Phi) is 6.21. The van der Waals surface area contributed by atoms with Crippen molar-refractivity contribution in [3.05, 3.63) is 63.1 Å². The van der Waals surface area contributed by atoms with Crippen molar-refractivity contribution in [1.29, 1.82) is 0 Å². The van der Waals surface area contributed by atoms with Crippen LogP contribution in [-0.2, 0) is 14.9 Å². The number of hydrogen-bond acceptors (Lipinski definition) is 2. The molecule has 2 nitrogen and oxygen atoms in total. The molecule has 0 bridgehead atoms. The fourth-order valence-corrected chi connectivity index (χ4v) is 2.82. The number of rotatable bonds is 6. The Labute approximate surface area is 148 Å². The highest BCUT2D eigenvalue weighted by molar-refractivity contribution is 9.28. The predicted molar refractivity (Wildman–Crippen MR) is 98.1 cm³/mol. The summed E-state index contributed by atoms with van der Waals surface area (Å²) in [6.07, 6.45) is 11.6. The van der Waals surface area contributed by atoms with Crippen LogP contribution < -0.4 is 0 Å². The topological polar surface area (TPSA) is 26.3 Å². The molecule has 1 aliphatic rings. The molecule has 1 fully saturated rings. The van der Waals surface area contributed by atoms with Gasteiger partial charge in [-0.25, -0.2) is 4.79 Å². The SMILES string of the molecule is CCOC(=O)/C=C/C=C/C1(c2ccc(C=C(Br)Br)cc2)CC1. The normalized spacial score (nSPS) is 16.0. The van der Waals surface area contributed by atoms with Crippen molar-refractivity contribution in [3.8, 4) is 0 Å². The summed E-state index contributed by atoms with van der Waals surface area (Å²) in [7, 11) is 0. The average Bonchev–Trinajstić information content (AvgIpc) is 3.25. The van der Waals surface area contributed by atoms with Crippen LogP contribution in [0.25, 0.3) is 6.08 Å². The van der Waals surface area contributed by atoms with Crippen LogP contribution in [0.5, 0.6) is 0 Å². The molecule has 0 saturated heterocycles. The number of esters is 1. The van der Waals surface area contributed by atoms with E-state index in [0.717, 1.165) is 21.8 Å². The summed E-state index contributed by atoms with van der Waals surface area (Å²) >= 11 is 6.74. The molecule has 0 unspecified atom stereocenters. The lowest BCUT2D eigenvalue weighted by molar-refractivity contribution is -0.137. The largest absolute Gasteiger partial charge is 0.463 e. The van der Waals surface area contributed by atoms with E-state index in [9.17, 15) is 4.79 Å². The Bertz CT molecular complexity index is 604. The average molecular weight is 426 g/mol. The second kappa shape index (κ2) is 7.93. The van der Waals surface area contributed by atoms with Crippen molar-refractivity contribution in [2.45, 2.75) is 25.2 Å². The van der Waals surface area contributed by atoms with Gasteiger partial charge in [-0.1, -0.05) is 42.5 Å². The van der Waals surface area contributed by atoms with Gasteiger partial charge >= 0.3 is 5.97 Å². The summed E-state index contributed by atoms with van der Waals surface area (Å²) in [4.78, 5) is 11.2. The lowest BCUT2D eigenvalue weighted by atomic mass is 9.94. The third-order valence-corrected chi connectivity index (χ3v) is 4.05. The molecule has 4 heteroatoms. The first kappa shape index (κ1) is 17.2. The Balaban J connectivity index is 2.02. The van der Waals surface area contributed by atoms with Gasteiger partial charge in [-0.15, -0.1) is 0 Å². The van der Waals surface area contributed by atoms with Crippen LogP contribution in [-0.4, -0.2) is 12.6 Å². The number of hydrogen-bond donors (Lipinski definition) is 0. The van der Waals surface area contributed by atoms with Crippen LogP contribution in [0.2, 0.25) is 0 Å². The highest BCUT2D eigenvalue weighted by Crippen LogP contribution is 2.49. The second-order valence-electron chi connectivity index (χ2n) is 5.18. The van der Waals surface area contributed by atoms with E-state index in [4.69, 9.17) is 4.74 Å². The number of benzene rings is 1. The van der Waals surface area contributed by atoms with Crippen molar-refractivity contribution in [1.82, 2.24) is 0 Å². The van der Waals surface area contributed by atoms with E-state index in [1.807, 2.05) is 12.2 Å². The zero-order valence-corrected chi connectivity index (χ0v) is 15.6. The third kappa shape index (κ3) is 4.96. The molecule has 1 aromatic carbocycles. The molecule has 0 atom stereocenters. The minimum atomic E-state index is -0.298. The van der Waals surface area contributed by atoms with Crippen LogP contribution in [0.1, 0.15) is 30.9 Å². The zero-order valence-electron chi connectivity index (χ0n) is 12.4. The Morgan fingerprint density at radius 1 is 1.23 bits per heavy atom. The maximum atomic E-state index is 11.2. The van der Waals surface area contributed by atoms with Gasteiger partial charge in [-0.3, -0.25) is 0 Å². The van der Waals surface area contributed by atoms with E-state index >= 15 is 0 Å². The summed E-state index contributed by atoms with van der Waals surface area (Å²) in [5.41, 5.74) is 2.60. The quantitative estimate of drug-likeness (QED) is 0.342. The molecule has 116 valence electrons. The first-order valence-electron chi connectivity index (χ1n) is 7.22. The Morgan fingerprint density at radius 2 is 1.91 bits per heavy atom. The minimum Gasteiger partial charge on any atom is -0.463 e. The Hall–Kier alpha value is -1.13. The molecule has 0 spiro atoms. The van der Waals surface area contributed by atoms with E-state index in [1.54, 1.807) is 13.0 Å². The predicted octanol–water partition coefficient (Wildman–Crippen LogP) is 5.48. The first-order valence-corrected chi connectivity index (χ1v) is 8.80. The smallest absolute Gasteiger partial charge is 0.330 e. The standard InChI is InChI=1S/C18H18Br2O2/c1-2-22-17(21)5-3-4-10-18(11-12-18)15-8-6-14(7-9-15)13-16(19)20/h3-10,13H,2,11-12H2,1H3/b5-3+,10-4+. The van der Waals surface area contributed by atoms with Crippen molar-refractivity contribution >= 4 is 43.9 Å². The highest BCUT2D eigenvalue weighted by Gasteiger charge is 2.41. The lowest BCUT2D eigenvalue weighted by Gasteiger charge is -2.10. The van der Waals surface area contributed by atoms with E-state index in [1.165, 1.54) is 11.6 Å². The van der Waals surface area contributed by atoms with E-state index in [-0.39, 0.29) is 11.4 Å². The van der Waals surface area contributed by atoms with Crippen molar-refractivity contribution < 1.29 is 9.53 Å². The van der Waals surface area contributed by atoms with Crippen LogP contribution in [0.4, 0.5) is 0 Å². The van der Waals surface area contributed by atoms with Gasteiger partial charge in [0.1, 0.15) is 0 Å². The molecule has 0 heterocycles. The maximum Gasteiger partial charge on any atom is 0.330 e. The highest BCUT2D eigenvalue weighted by atomic mass is 79.9. The summed E-state index contributed by atoms with van der Waals surface area (Å²) in [5, 5.41) is 0. The molecule has 0 aliphatic heterocycles. The number of ether oxygens (including phenoxy) is 1. The van der Waals surface area contributed by atoms with Crippen LogP contribution in [0, 0.1) is 0 Å². The maximum absolute atomic E-state index is 11.2. The number of allylic oxidation sites excluding steroid dienone is 3. The van der Waals surface area contributed by atoms with Gasteiger partial charge in [0.05, 0.1) is 10.00 Å². The molecule has 1 saturated carbocycles. The van der Waals surface area contributed by atoms with Gasteiger partial charge in [-0.2, -0.15) is 0 Å². The molecule has 2 rings (SSSR count). The van der Waals surface area contributed by atoms with Gasteiger partial charge in [-0.05, 0) is 68.8 Å². The number of carbonyl (C=O) groups excluding carboxylic acids is 1. The molecule has 1 aliphatic carbocycles. The second-order valence-corrected chi connectivity index (χ2v) is 7.96. The minimum absolute atomic E-state index is 0.132. The van der Waals surface area contributed by atoms with Crippen molar-refractivity contribution in [3.63, 3.8) is 0 Å². The molecule has 0 radical (unpaired) electrons. The molecular formula is C18H18Br2O2. The van der Waals surface area contributed by atoms with Gasteiger partial charge in [0, 0.05) is 11.5 Å². The zero-order chi connectivity index (χ0) is 16.0. The third-order valence-electron chi connectivity index (χ3n) is 3.60. The number of halogens is 2. The fourth-order valence-electron chi connectivity index (χ4n) is 2.29. The summed E-state index contributed by atoms with van der Waals surface area (Å²) < 4.78 is 5.77. The Morgan fingerprint density at radius 3 is 2.45 bits per heavy atom. The van der Waals surface area contributed by atoms with Gasteiger partial charge in [0.2, 0.25) is 0 Å². The molecular weight excluding hydrogens is 408 g/mol. The van der Waals surface area contributed by atoms with Crippen LogP contribution in [0.15, 0.2) is 52.0 Å². The van der Waals surface area contributed by atoms with Gasteiger partial charge < -0.3 is 4.74 Å². The van der Waals surface area contributed by atoms with Crippen molar-refractivity contribution in [2.24, 2.45) is 0 Å².